The maximum absolute atomic E-state index is 11.2. The summed E-state index contributed by atoms with van der Waals surface area (Å²) in [5.41, 5.74) is 0.0395. The molecule has 0 aromatic carbocycles. The summed E-state index contributed by atoms with van der Waals surface area (Å²) in [7, 11) is 1.69. The summed E-state index contributed by atoms with van der Waals surface area (Å²) in [5, 5.41) is 0. The summed E-state index contributed by atoms with van der Waals surface area (Å²) >= 11 is 0. The number of methoxy groups -OCH3 is 1. The Kier molecular flexibility index (Phi) is 3.52. The van der Waals surface area contributed by atoms with Gasteiger partial charge < -0.3 is 9.72 Å². The molecule has 1 aromatic heterocycles. The van der Waals surface area contributed by atoms with Crippen LogP contribution < -0.4 is 5.69 Å². The molecule has 0 aliphatic carbocycles. The summed E-state index contributed by atoms with van der Waals surface area (Å²) in [6.07, 6.45) is 4.38. The Morgan fingerprint density at radius 2 is 2.29 bits per heavy atom. The lowest BCUT2D eigenvalue weighted by atomic mass is 9.90. The van der Waals surface area contributed by atoms with Crippen LogP contribution in [0.4, 0.5) is 0 Å². The van der Waals surface area contributed by atoms with Crippen molar-refractivity contribution in [2.24, 2.45) is 5.41 Å². The molecule has 0 unspecified atom stereocenters. The largest absolute Gasteiger partial charge is 0.385 e. The van der Waals surface area contributed by atoms with Gasteiger partial charge in [-0.15, -0.1) is 0 Å². The van der Waals surface area contributed by atoms with Gasteiger partial charge in [0.2, 0.25) is 0 Å². The number of hydrogen-bond acceptors (Lipinski definition) is 2. The van der Waals surface area contributed by atoms with Gasteiger partial charge in [-0.05, 0) is 11.8 Å². The minimum absolute atomic E-state index is 0.0458. The number of nitrogens with one attached hydrogen (secondary N) is 1. The lowest BCUT2D eigenvalue weighted by Gasteiger charge is -2.24. The molecule has 0 saturated heterocycles. The van der Waals surface area contributed by atoms with Gasteiger partial charge >= 0.3 is 5.69 Å². The summed E-state index contributed by atoms with van der Waals surface area (Å²) in [6, 6.07) is 0. The molecule has 1 aromatic rings. The molecule has 4 heteroatoms. The summed E-state index contributed by atoms with van der Waals surface area (Å²) in [5.74, 6) is 0. The predicted octanol–water partition coefficient (Wildman–Crippen LogP) is 1.24. The Morgan fingerprint density at radius 3 is 2.79 bits per heavy atom. The van der Waals surface area contributed by atoms with Gasteiger partial charge in [0.05, 0.1) is 0 Å². The number of rotatable bonds is 5. The molecule has 0 saturated carbocycles. The highest BCUT2D eigenvalue weighted by atomic mass is 16.5. The molecule has 0 spiro atoms. The van der Waals surface area contributed by atoms with E-state index in [1.807, 2.05) is 0 Å². The number of aromatic nitrogens is 2. The van der Waals surface area contributed by atoms with Gasteiger partial charge in [-0.3, -0.25) is 4.57 Å². The van der Waals surface area contributed by atoms with Gasteiger partial charge in [0, 0.05) is 32.7 Å². The first-order valence-electron chi connectivity index (χ1n) is 4.78. The van der Waals surface area contributed by atoms with E-state index < -0.39 is 0 Å². The number of aromatic amines is 1. The van der Waals surface area contributed by atoms with Crippen LogP contribution in [0.3, 0.4) is 0 Å². The lowest BCUT2D eigenvalue weighted by molar-refractivity contribution is 0.142. The van der Waals surface area contributed by atoms with E-state index in [-0.39, 0.29) is 11.1 Å². The average molecular weight is 198 g/mol. The maximum Gasteiger partial charge on any atom is 0.325 e. The van der Waals surface area contributed by atoms with Crippen LogP contribution in [0.25, 0.3) is 0 Å². The molecule has 4 nitrogen and oxygen atoms in total. The SMILES string of the molecule is COCCC(C)(C)Cn1cc[nH]c1=O. The van der Waals surface area contributed by atoms with Crippen molar-refractivity contribution in [1.82, 2.24) is 9.55 Å². The normalized spacial score (nSPS) is 11.9. The number of H-pyrrole nitrogens is 1. The number of imidazole rings is 1. The van der Waals surface area contributed by atoms with Crippen LogP contribution in [-0.2, 0) is 11.3 Å². The summed E-state index contributed by atoms with van der Waals surface area (Å²) in [6.45, 7) is 5.71. The molecule has 0 aliphatic rings. The Labute approximate surface area is 83.9 Å². The standard InChI is InChI=1S/C10H18N2O2/c1-10(2,4-7-14-3)8-12-6-5-11-9(12)13/h5-6H,4,7-8H2,1-3H3,(H,11,13). The number of hydrogen-bond donors (Lipinski definition) is 1. The topological polar surface area (TPSA) is 47.0 Å². The van der Waals surface area contributed by atoms with Crippen molar-refractivity contribution in [3.63, 3.8) is 0 Å². The van der Waals surface area contributed by atoms with E-state index in [2.05, 4.69) is 18.8 Å². The highest BCUT2D eigenvalue weighted by Gasteiger charge is 2.18. The third-order valence-electron chi connectivity index (χ3n) is 2.30. The van der Waals surface area contributed by atoms with E-state index in [1.54, 1.807) is 24.1 Å². The van der Waals surface area contributed by atoms with E-state index in [0.29, 0.717) is 0 Å². The van der Waals surface area contributed by atoms with Crippen LogP contribution in [0, 0.1) is 5.41 Å². The summed E-state index contributed by atoms with van der Waals surface area (Å²) < 4.78 is 6.72. The second-order valence-corrected chi connectivity index (χ2v) is 4.30. The Balaban J connectivity index is 2.59. The first kappa shape index (κ1) is 11.0. The van der Waals surface area contributed by atoms with Crippen molar-refractivity contribution < 1.29 is 4.74 Å². The number of nitrogens with zero attached hydrogens (tertiary/aromatic N) is 1. The lowest BCUT2D eigenvalue weighted by Crippen LogP contribution is -2.27. The highest BCUT2D eigenvalue weighted by Crippen LogP contribution is 2.21. The zero-order chi connectivity index (χ0) is 10.6. The van der Waals surface area contributed by atoms with Crippen molar-refractivity contribution in [3.05, 3.63) is 22.9 Å². The molecule has 14 heavy (non-hydrogen) atoms. The fraction of sp³-hybridized carbons (Fsp3) is 0.700. The van der Waals surface area contributed by atoms with Crippen molar-refractivity contribution in [2.75, 3.05) is 13.7 Å². The minimum Gasteiger partial charge on any atom is -0.385 e. The van der Waals surface area contributed by atoms with E-state index in [0.717, 1.165) is 19.6 Å². The quantitative estimate of drug-likeness (QED) is 0.773. The fourth-order valence-electron chi connectivity index (χ4n) is 1.39. The molecule has 0 amide bonds. The Bertz CT molecular complexity index is 325. The maximum atomic E-state index is 11.2. The van der Waals surface area contributed by atoms with E-state index >= 15 is 0 Å². The predicted molar refractivity (Wildman–Crippen MR) is 55.3 cm³/mol. The zero-order valence-electron chi connectivity index (χ0n) is 9.04. The molecule has 0 bridgehead atoms. The molecule has 0 radical (unpaired) electrons. The van der Waals surface area contributed by atoms with Gasteiger partial charge in [0.15, 0.2) is 0 Å². The Hall–Kier alpha value is -1.03. The molecule has 80 valence electrons. The molecular weight excluding hydrogens is 180 g/mol. The third kappa shape index (κ3) is 3.03. The van der Waals surface area contributed by atoms with Crippen LogP contribution in [0.5, 0.6) is 0 Å². The monoisotopic (exact) mass is 198 g/mol. The van der Waals surface area contributed by atoms with E-state index in [9.17, 15) is 4.79 Å². The van der Waals surface area contributed by atoms with E-state index in [1.165, 1.54) is 0 Å². The van der Waals surface area contributed by atoms with Crippen LogP contribution in [-0.4, -0.2) is 23.3 Å². The highest BCUT2D eigenvalue weighted by molar-refractivity contribution is 4.79. The average Bonchev–Trinajstić information content (AvgIpc) is 2.48. The smallest absolute Gasteiger partial charge is 0.325 e. The van der Waals surface area contributed by atoms with Crippen molar-refractivity contribution in [3.8, 4) is 0 Å². The molecule has 0 atom stereocenters. The van der Waals surface area contributed by atoms with Gasteiger partial charge in [-0.1, -0.05) is 13.8 Å². The molecule has 1 heterocycles. The van der Waals surface area contributed by atoms with Crippen molar-refractivity contribution >= 4 is 0 Å². The second kappa shape index (κ2) is 4.46. The zero-order valence-corrected chi connectivity index (χ0v) is 9.04. The van der Waals surface area contributed by atoms with Gasteiger partial charge in [0.25, 0.3) is 0 Å². The van der Waals surface area contributed by atoms with Crippen LogP contribution in [0.2, 0.25) is 0 Å². The summed E-state index contributed by atoms with van der Waals surface area (Å²) in [4.78, 5) is 13.9. The minimum atomic E-state index is -0.0458. The van der Waals surface area contributed by atoms with Gasteiger partial charge in [0.1, 0.15) is 0 Å². The molecular formula is C10H18N2O2. The molecule has 0 fully saturated rings. The van der Waals surface area contributed by atoms with Crippen molar-refractivity contribution in [2.45, 2.75) is 26.8 Å². The first-order chi connectivity index (χ1) is 6.55. The molecule has 0 aliphatic heterocycles. The number of ether oxygens (including phenoxy) is 1. The van der Waals surface area contributed by atoms with E-state index in [4.69, 9.17) is 4.74 Å². The molecule has 1 N–H and O–H groups in total. The van der Waals surface area contributed by atoms with Crippen LogP contribution in [0.15, 0.2) is 17.2 Å². The third-order valence-corrected chi connectivity index (χ3v) is 2.30. The van der Waals surface area contributed by atoms with Crippen molar-refractivity contribution in [1.29, 1.82) is 0 Å². The van der Waals surface area contributed by atoms with Crippen LogP contribution >= 0.6 is 0 Å². The molecule has 1 rings (SSSR count). The van der Waals surface area contributed by atoms with Gasteiger partial charge in [-0.2, -0.15) is 0 Å². The Morgan fingerprint density at radius 1 is 1.57 bits per heavy atom. The first-order valence-corrected chi connectivity index (χ1v) is 4.78. The van der Waals surface area contributed by atoms with Crippen LogP contribution in [0.1, 0.15) is 20.3 Å². The van der Waals surface area contributed by atoms with Gasteiger partial charge in [-0.25, -0.2) is 4.79 Å². The second-order valence-electron chi connectivity index (χ2n) is 4.30. The fourth-order valence-corrected chi connectivity index (χ4v) is 1.39.